The van der Waals surface area contributed by atoms with Crippen LogP contribution < -0.4 is 0 Å². The Balaban J connectivity index is 1.92. The monoisotopic (exact) mass is 378 g/mol. The highest BCUT2D eigenvalue weighted by atomic mass is 16.5. The first-order valence-electron chi connectivity index (χ1n) is 10.3. The minimum atomic E-state index is -0.556. The van der Waals surface area contributed by atoms with Crippen molar-refractivity contribution in [2.75, 3.05) is 14.2 Å². The van der Waals surface area contributed by atoms with Crippen LogP contribution in [-0.2, 0) is 19.1 Å². The van der Waals surface area contributed by atoms with Crippen LogP contribution in [0.25, 0.3) is 0 Å². The van der Waals surface area contributed by atoms with Crippen LogP contribution in [0.1, 0.15) is 65.2 Å². The molecule has 0 aromatic heterocycles. The van der Waals surface area contributed by atoms with Crippen molar-refractivity contribution in [1.82, 2.24) is 0 Å². The molecule has 2 fully saturated rings. The van der Waals surface area contributed by atoms with Gasteiger partial charge in [0, 0.05) is 6.42 Å². The van der Waals surface area contributed by atoms with Crippen molar-refractivity contribution in [3.63, 3.8) is 0 Å². The Labute approximate surface area is 162 Å². The molecule has 1 N–H and O–H groups in total. The van der Waals surface area contributed by atoms with Crippen LogP contribution in [0, 0.1) is 28.6 Å². The third-order valence-corrected chi connectivity index (χ3v) is 8.01. The molecule has 3 rings (SSSR count). The summed E-state index contributed by atoms with van der Waals surface area (Å²) in [5, 5.41) is 10.1. The molecule has 0 radical (unpaired) electrons. The number of esters is 2. The van der Waals surface area contributed by atoms with Gasteiger partial charge in [-0.15, -0.1) is 0 Å². The fourth-order valence-electron chi connectivity index (χ4n) is 6.36. The van der Waals surface area contributed by atoms with Crippen molar-refractivity contribution in [2.24, 2.45) is 28.6 Å². The van der Waals surface area contributed by atoms with E-state index in [9.17, 15) is 14.7 Å². The maximum Gasteiger partial charge on any atom is 0.311 e. The second-order valence-corrected chi connectivity index (χ2v) is 9.22. The highest BCUT2D eigenvalue weighted by Crippen LogP contribution is 2.62. The summed E-state index contributed by atoms with van der Waals surface area (Å²) in [6, 6.07) is 0. The van der Waals surface area contributed by atoms with E-state index >= 15 is 0 Å². The van der Waals surface area contributed by atoms with Crippen LogP contribution >= 0.6 is 0 Å². The molecular weight excluding hydrogens is 344 g/mol. The van der Waals surface area contributed by atoms with Crippen molar-refractivity contribution >= 4 is 11.9 Å². The number of fused-ring (bicyclic) bond motifs is 3. The molecule has 0 heterocycles. The summed E-state index contributed by atoms with van der Waals surface area (Å²) in [6.07, 6.45) is 8.41. The Kier molecular flexibility index (Phi) is 5.72. The maximum absolute atomic E-state index is 12.7. The summed E-state index contributed by atoms with van der Waals surface area (Å²) in [4.78, 5) is 24.5. The molecule has 0 aromatic carbocycles. The van der Waals surface area contributed by atoms with E-state index in [1.54, 1.807) is 0 Å². The van der Waals surface area contributed by atoms with Gasteiger partial charge in [-0.1, -0.05) is 18.6 Å². The Morgan fingerprint density at radius 2 is 1.93 bits per heavy atom. The molecule has 0 aliphatic heterocycles. The Morgan fingerprint density at radius 1 is 1.19 bits per heavy atom. The van der Waals surface area contributed by atoms with Crippen LogP contribution in [0.15, 0.2) is 11.6 Å². The van der Waals surface area contributed by atoms with E-state index in [2.05, 4.69) is 13.0 Å². The molecule has 6 atom stereocenters. The Hall–Kier alpha value is -1.36. The second kappa shape index (κ2) is 7.57. The lowest BCUT2D eigenvalue weighted by atomic mass is 9.47. The van der Waals surface area contributed by atoms with Gasteiger partial charge in [-0.2, -0.15) is 0 Å². The van der Waals surface area contributed by atoms with Gasteiger partial charge in [-0.3, -0.25) is 9.59 Å². The molecule has 6 unspecified atom stereocenters. The normalized spacial score (nSPS) is 41.0. The average molecular weight is 379 g/mol. The summed E-state index contributed by atoms with van der Waals surface area (Å²) in [6.45, 7) is 4.36. The van der Waals surface area contributed by atoms with Crippen molar-refractivity contribution in [1.29, 1.82) is 0 Å². The molecule has 0 spiro atoms. The standard InChI is InChI=1S/C22H34O5/c1-21-11-9-15(23)13-14(21)5-6-16-17(7-8-19(24)26-3)22(2,20(25)27-4)12-10-18(16)21/h5,15-18,23H,6-13H2,1-4H3. The topological polar surface area (TPSA) is 72.8 Å². The van der Waals surface area contributed by atoms with E-state index in [-0.39, 0.29) is 29.4 Å². The number of carbonyl (C=O) groups excluding carboxylic acids is 2. The first-order valence-corrected chi connectivity index (χ1v) is 10.3. The number of methoxy groups -OCH3 is 2. The van der Waals surface area contributed by atoms with Crippen molar-refractivity contribution < 1.29 is 24.2 Å². The summed E-state index contributed by atoms with van der Waals surface area (Å²) >= 11 is 0. The fraction of sp³-hybridized carbons (Fsp3) is 0.818. The number of aliphatic hydroxyl groups excluding tert-OH is 1. The van der Waals surface area contributed by atoms with Gasteiger partial charge in [-0.25, -0.2) is 0 Å². The first-order chi connectivity index (χ1) is 12.8. The molecule has 152 valence electrons. The van der Waals surface area contributed by atoms with Gasteiger partial charge in [0.25, 0.3) is 0 Å². The molecule has 0 aromatic rings. The smallest absolute Gasteiger partial charge is 0.311 e. The van der Waals surface area contributed by atoms with Gasteiger partial charge < -0.3 is 14.6 Å². The molecule has 5 heteroatoms. The van der Waals surface area contributed by atoms with Crippen molar-refractivity contribution in [3.05, 3.63) is 11.6 Å². The zero-order chi connectivity index (χ0) is 19.8. The predicted molar refractivity (Wildman–Crippen MR) is 102 cm³/mol. The van der Waals surface area contributed by atoms with Gasteiger partial charge in [-0.05, 0) is 75.0 Å². The lowest BCUT2D eigenvalue weighted by molar-refractivity contribution is -0.165. The highest BCUT2D eigenvalue weighted by molar-refractivity contribution is 5.77. The minimum Gasteiger partial charge on any atom is -0.469 e. The lowest BCUT2D eigenvalue weighted by Crippen LogP contribution is -2.53. The van der Waals surface area contributed by atoms with Crippen LogP contribution in [0.2, 0.25) is 0 Å². The van der Waals surface area contributed by atoms with Gasteiger partial charge in [0.15, 0.2) is 0 Å². The average Bonchev–Trinajstić information content (AvgIpc) is 2.66. The van der Waals surface area contributed by atoms with E-state index in [1.165, 1.54) is 19.8 Å². The molecule has 0 amide bonds. The summed E-state index contributed by atoms with van der Waals surface area (Å²) in [7, 11) is 2.87. The molecule has 27 heavy (non-hydrogen) atoms. The molecular formula is C22H34O5. The van der Waals surface area contributed by atoms with Gasteiger partial charge in [0.2, 0.25) is 0 Å². The molecule has 3 aliphatic carbocycles. The zero-order valence-corrected chi connectivity index (χ0v) is 17.1. The highest BCUT2D eigenvalue weighted by Gasteiger charge is 2.57. The SMILES string of the molecule is COC(=O)CCC1C2CC=C3CC(O)CCC3(C)C2CCC1(C)C(=O)OC. The molecule has 3 aliphatic rings. The number of ether oxygens (including phenoxy) is 2. The number of carbonyl (C=O) groups is 2. The molecule has 5 nitrogen and oxygen atoms in total. The minimum absolute atomic E-state index is 0.100. The number of rotatable bonds is 4. The second-order valence-electron chi connectivity index (χ2n) is 9.22. The first kappa shape index (κ1) is 20.4. The number of hydrogen-bond donors (Lipinski definition) is 1. The van der Waals surface area contributed by atoms with Crippen LogP contribution in [0.4, 0.5) is 0 Å². The van der Waals surface area contributed by atoms with Crippen LogP contribution in [0.3, 0.4) is 0 Å². The summed E-state index contributed by atoms with van der Waals surface area (Å²) in [5.41, 5.74) is 0.944. The van der Waals surface area contributed by atoms with Gasteiger partial charge in [0.1, 0.15) is 0 Å². The van der Waals surface area contributed by atoms with Crippen molar-refractivity contribution in [3.8, 4) is 0 Å². The van der Waals surface area contributed by atoms with Gasteiger partial charge in [0.05, 0.1) is 25.7 Å². The van der Waals surface area contributed by atoms with E-state index < -0.39 is 5.41 Å². The third kappa shape index (κ3) is 3.43. The molecule has 2 saturated carbocycles. The predicted octanol–water partition coefficient (Wildman–Crippen LogP) is 3.64. The van der Waals surface area contributed by atoms with Crippen molar-refractivity contribution in [2.45, 2.75) is 71.3 Å². The zero-order valence-electron chi connectivity index (χ0n) is 17.1. The number of allylic oxidation sites excluding steroid dienone is 1. The number of aliphatic hydroxyl groups is 1. The van der Waals surface area contributed by atoms with E-state index in [0.717, 1.165) is 38.5 Å². The quantitative estimate of drug-likeness (QED) is 0.597. The Morgan fingerprint density at radius 3 is 2.59 bits per heavy atom. The maximum atomic E-state index is 12.7. The van der Waals surface area contributed by atoms with E-state index in [0.29, 0.717) is 24.7 Å². The number of hydrogen-bond acceptors (Lipinski definition) is 5. The van der Waals surface area contributed by atoms with Crippen LogP contribution in [-0.4, -0.2) is 37.4 Å². The Bertz CT molecular complexity index is 626. The summed E-state index contributed by atoms with van der Waals surface area (Å²) in [5.74, 6) is 0.573. The van der Waals surface area contributed by atoms with E-state index in [4.69, 9.17) is 9.47 Å². The molecule has 0 saturated heterocycles. The third-order valence-electron chi connectivity index (χ3n) is 8.01. The fourth-order valence-corrected chi connectivity index (χ4v) is 6.36. The summed E-state index contributed by atoms with van der Waals surface area (Å²) < 4.78 is 10.0. The van der Waals surface area contributed by atoms with E-state index in [1.807, 2.05) is 6.92 Å². The lowest BCUT2D eigenvalue weighted by Gasteiger charge is -2.57. The largest absolute Gasteiger partial charge is 0.469 e. The molecule has 0 bridgehead atoms. The van der Waals surface area contributed by atoms with Crippen LogP contribution in [0.5, 0.6) is 0 Å². The van der Waals surface area contributed by atoms with Gasteiger partial charge >= 0.3 is 11.9 Å².